The molecular weight excluding hydrogens is 763 g/mol. The summed E-state index contributed by atoms with van der Waals surface area (Å²) < 4.78 is 11.8. The molecule has 2 rings (SSSR count). The summed E-state index contributed by atoms with van der Waals surface area (Å²) >= 11 is 1.73. The first kappa shape index (κ1) is 44.4. The van der Waals surface area contributed by atoms with Crippen molar-refractivity contribution in [3.05, 3.63) is 35.9 Å². The Morgan fingerprint density at radius 1 is 0.980 bits per heavy atom. The van der Waals surface area contributed by atoms with Gasteiger partial charge >= 0.3 is 0 Å². The van der Waals surface area contributed by atoms with Gasteiger partial charge in [-0.05, 0) is 30.2 Å². The van der Waals surface area contributed by atoms with E-state index in [1.807, 2.05) is 87.1 Å². The van der Waals surface area contributed by atoms with E-state index in [-0.39, 0.29) is 51.9 Å². The summed E-state index contributed by atoms with van der Waals surface area (Å²) in [6.45, 7) is 10.4. The Hall–Kier alpha value is -2.78. The van der Waals surface area contributed by atoms with E-state index in [0.717, 1.165) is 18.4 Å². The maximum Gasteiger partial charge on any atom is 0.247 e. The van der Waals surface area contributed by atoms with Gasteiger partial charge in [-0.1, -0.05) is 71.4 Å². The van der Waals surface area contributed by atoms with Crippen LogP contribution >= 0.6 is 22.6 Å². The van der Waals surface area contributed by atoms with Gasteiger partial charge in [0.1, 0.15) is 12.1 Å². The normalized spacial score (nSPS) is 18.5. The van der Waals surface area contributed by atoms with Crippen molar-refractivity contribution in [2.24, 2.45) is 22.7 Å². The van der Waals surface area contributed by atoms with Crippen molar-refractivity contribution in [1.82, 2.24) is 24.9 Å². The third-order valence-corrected chi connectivity index (χ3v) is 10.8. The minimum atomic E-state index is -0.681. The van der Waals surface area contributed by atoms with Crippen molar-refractivity contribution in [1.29, 1.82) is 0 Å². The zero-order valence-corrected chi connectivity index (χ0v) is 35.0. The average Bonchev–Trinajstić information content (AvgIpc) is 3.57. The third-order valence-electron chi connectivity index (χ3n) is 10.1. The number of carbonyl (C=O) groups is 4. The number of carbonyl (C=O) groups excluding carboxylic acids is 4. The monoisotopic (exact) mass is 826 g/mol. The van der Waals surface area contributed by atoms with Gasteiger partial charge in [0.2, 0.25) is 21.5 Å². The van der Waals surface area contributed by atoms with E-state index in [1.165, 1.54) is 0 Å². The maximum atomic E-state index is 14.2. The van der Waals surface area contributed by atoms with Crippen molar-refractivity contribution in [2.45, 2.75) is 103 Å². The van der Waals surface area contributed by atoms with E-state index in [2.05, 4.69) is 19.2 Å². The Morgan fingerprint density at radius 2 is 1.59 bits per heavy atom. The quantitative estimate of drug-likeness (QED) is 0.102. The molecule has 0 aliphatic carbocycles. The van der Waals surface area contributed by atoms with Crippen LogP contribution in [0.25, 0.3) is 0 Å². The number of likely N-dealkylation sites (N-methyl/N-ethyl adjacent to an activating group) is 1. The van der Waals surface area contributed by atoms with E-state index in [4.69, 9.17) is 14.5 Å². The van der Waals surface area contributed by atoms with Crippen molar-refractivity contribution in [3.8, 4) is 0 Å². The fourth-order valence-electron chi connectivity index (χ4n) is 7.10. The number of guanidine groups is 1. The smallest absolute Gasteiger partial charge is 0.247 e. The number of hydrogen-bond acceptors (Lipinski definition) is 7. The van der Waals surface area contributed by atoms with Gasteiger partial charge in [-0.2, -0.15) is 0 Å². The molecule has 1 saturated heterocycles. The SMILES string of the molecule is CC[C@H](C)[C@@H]([C@@H](CC(=O)N1CCC[C@H]1[C@H](OC)[C@@H](C)C(=O)N[C@@H](Cc1ccccc1)C(=O)I)OC)N(C)C(=O)[C@@H](N=C(N(C)C)N(C)C)C(C)C. The van der Waals surface area contributed by atoms with Gasteiger partial charge in [-0.15, -0.1) is 0 Å². The summed E-state index contributed by atoms with van der Waals surface area (Å²) in [4.78, 5) is 66.6. The van der Waals surface area contributed by atoms with Gasteiger partial charge in [0.05, 0.1) is 36.6 Å². The van der Waals surface area contributed by atoms with E-state index >= 15 is 0 Å². The lowest BCUT2D eigenvalue weighted by molar-refractivity contribution is -0.146. The molecule has 0 unspecified atom stereocenters. The lowest BCUT2D eigenvalue weighted by atomic mass is 9.89. The summed E-state index contributed by atoms with van der Waals surface area (Å²) in [6.07, 6.45) is 1.53. The van der Waals surface area contributed by atoms with Crippen LogP contribution < -0.4 is 5.32 Å². The lowest BCUT2D eigenvalue weighted by Crippen LogP contribution is -2.55. The molecule has 1 N–H and O–H groups in total. The number of amides is 3. The van der Waals surface area contributed by atoms with Crippen LogP contribution in [0, 0.1) is 17.8 Å². The van der Waals surface area contributed by atoms with Gasteiger partial charge in [-0.3, -0.25) is 19.2 Å². The summed E-state index contributed by atoms with van der Waals surface area (Å²) in [5.41, 5.74) is 0.950. The van der Waals surface area contributed by atoms with Crippen molar-refractivity contribution in [3.63, 3.8) is 0 Å². The second-order valence-corrected chi connectivity index (χ2v) is 15.6. The first-order chi connectivity index (χ1) is 24.0. The van der Waals surface area contributed by atoms with Gasteiger partial charge in [0.15, 0.2) is 5.96 Å². The Kier molecular flexibility index (Phi) is 18.3. The van der Waals surface area contributed by atoms with Crippen LogP contribution in [-0.2, 0) is 35.1 Å². The second-order valence-electron chi connectivity index (χ2n) is 14.6. The molecule has 13 heteroatoms. The van der Waals surface area contributed by atoms with Crippen LogP contribution in [-0.4, -0.2) is 139 Å². The van der Waals surface area contributed by atoms with Gasteiger partial charge in [0, 0.05) is 85.0 Å². The van der Waals surface area contributed by atoms with Crippen LogP contribution in [0.2, 0.25) is 0 Å². The van der Waals surface area contributed by atoms with Crippen LogP contribution in [0.3, 0.4) is 0 Å². The zero-order chi connectivity index (χ0) is 38.6. The van der Waals surface area contributed by atoms with Crippen LogP contribution in [0.1, 0.15) is 65.9 Å². The molecule has 51 heavy (non-hydrogen) atoms. The first-order valence-electron chi connectivity index (χ1n) is 18.1. The number of likely N-dealkylation sites (tertiary alicyclic amines) is 1. The average molecular weight is 827 g/mol. The maximum absolute atomic E-state index is 14.2. The standard InChI is InChI=1S/C38H63IN6O6/c1-13-25(4)33(44(10)37(49)32(24(2)3)41-38(42(6)7)43(8)9)30(50-11)23-31(46)45-21-17-20-29(45)34(51-12)26(5)36(48)40-28(35(39)47)22-27-18-15-14-16-19-27/h14-16,18-19,24-26,28-30,32-34H,13,17,20-23H2,1-12H3,(H,40,48)/t25-,26+,28-,29-,30+,32-,33-,34+/m0/s1. The highest BCUT2D eigenvalue weighted by molar-refractivity contribution is 14.1. The number of aliphatic imine (C=N–C) groups is 1. The summed E-state index contributed by atoms with van der Waals surface area (Å²) in [6, 6.07) is 7.55. The number of nitrogens with zero attached hydrogens (tertiary/aromatic N) is 5. The fourth-order valence-corrected chi connectivity index (χ4v) is 7.48. The van der Waals surface area contributed by atoms with E-state index in [0.29, 0.717) is 25.3 Å². The highest BCUT2D eigenvalue weighted by Gasteiger charge is 2.43. The molecule has 1 aliphatic rings. The summed E-state index contributed by atoms with van der Waals surface area (Å²) in [5.74, 6) is -0.498. The fraction of sp³-hybridized carbons (Fsp3) is 0.711. The molecule has 1 aliphatic heterocycles. The highest BCUT2D eigenvalue weighted by Crippen LogP contribution is 2.30. The lowest BCUT2D eigenvalue weighted by Gasteiger charge is -2.40. The van der Waals surface area contributed by atoms with Gasteiger partial charge < -0.3 is 34.4 Å². The predicted octanol–water partition coefficient (Wildman–Crippen LogP) is 4.10. The van der Waals surface area contributed by atoms with Gasteiger partial charge in [-0.25, -0.2) is 4.99 Å². The highest BCUT2D eigenvalue weighted by atomic mass is 127. The number of nitrogens with one attached hydrogen (secondary N) is 1. The van der Waals surface area contributed by atoms with E-state index in [1.54, 1.807) is 55.7 Å². The minimum Gasteiger partial charge on any atom is -0.379 e. The molecule has 0 saturated carbocycles. The van der Waals surface area contributed by atoms with Crippen LogP contribution in [0.5, 0.6) is 0 Å². The Labute approximate surface area is 320 Å². The Bertz CT molecular complexity index is 1300. The van der Waals surface area contributed by atoms with Crippen molar-refractivity contribution in [2.75, 3.05) is 56.0 Å². The molecule has 0 spiro atoms. The zero-order valence-electron chi connectivity index (χ0n) is 32.9. The molecule has 0 bridgehead atoms. The Morgan fingerprint density at radius 3 is 2.08 bits per heavy atom. The number of halogens is 1. The molecular formula is C38H63IN6O6. The number of rotatable bonds is 18. The minimum absolute atomic E-state index is 0.0323. The van der Waals surface area contributed by atoms with E-state index < -0.39 is 30.2 Å². The van der Waals surface area contributed by atoms with Crippen molar-refractivity contribution < 1.29 is 28.7 Å². The number of benzene rings is 1. The summed E-state index contributed by atoms with van der Waals surface area (Å²) in [5, 5.41) is 2.93. The number of hydrogen-bond donors (Lipinski definition) is 1. The van der Waals surface area contributed by atoms with Crippen molar-refractivity contribution >= 4 is 50.1 Å². The molecule has 3 amide bonds. The molecule has 1 aromatic carbocycles. The van der Waals surface area contributed by atoms with Crippen LogP contribution in [0.15, 0.2) is 35.3 Å². The molecule has 288 valence electrons. The molecule has 8 atom stereocenters. The summed E-state index contributed by atoms with van der Waals surface area (Å²) in [7, 11) is 12.5. The number of methoxy groups -OCH3 is 2. The molecule has 1 fully saturated rings. The molecule has 1 aromatic rings. The predicted molar refractivity (Wildman–Crippen MR) is 211 cm³/mol. The topological polar surface area (TPSA) is 124 Å². The Balaban J connectivity index is 2.29. The third kappa shape index (κ3) is 12.1. The van der Waals surface area contributed by atoms with Crippen LogP contribution in [0.4, 0.5) is 0 Å². The second kappa shape index (κ2) is 21.1. The molecule has 12 nitrogen and oxygen atoms in total. The first-order valence-corrected chi connectivity index (χ1v) is 19.2. The largest absolute Gasteiger partial charge is 0.379 e. The van der Waals surface area contributed by atoms with E-state index in [9.17, 15) is 19.2 Å². The molecule has 1 heterocycles. The molecule has 0 aromatic heterocycles. The van der Waals surface area contributed by atoms with Gasteiger partial charge in [0.25, 0.3) is 0 Å². The molecule has 0 radical (unpaired) electrons. The number of ether oxygens (including phenoxy) is 2.